The van der Waals surface area contributed by atoms with Gasteiger partial charge in [0.05, 0.1) is 5.69 Å². The molecule has 1 aromatic carbocycles. The maximum absolute atomic E-state index is 5.86. The van der Waals surface area contributed by atoms with Crippen molar-refractivity contribution >= 4 is 0 Å². The first-order chi connectivity index (χ1) is 6.79. The molecule has 1 atom stereocenters. The Morgan fingerprint density at radius 1 is 1.36 bits per heavy atom. The van der Waals surface area contributed by atoms with Crippen LogP contribution in [0, 0.1) is 0 Å². The summed E-state index contributed by atoms with van der Waals surface area (Å²) in [5.74, 6) is 0. The minimum atomic E-state index is -0.00426. The van der Waals surface area contributed by atoms with E-state index in [0.29, 0.717) is 0 Å². The average Bonchev–Trinajstić information content (AvgIpc) is 2.70. The fourth-order valence-corrected chi connectivity index (χ4v) is 1.41. The van der Waals surface area contributed by atoms with Crippen molar-refractivity contribution in [3.05, 3.63) is 42.5 Å². The molecule has 0 radical (unpaired) electrons. The van der Waals surface area contributed by atoms with Gasteiger partial charge in [-0.1, -0.05) is 18.2 Å². The highest BCUT2D eigenvalue weighted by atomic mass is 15.3. The molecule has 0 amide bonds. The summed E-state index contributed by atoms with van der Waals surface area (Å²) in [6.07, 6.45) is 3.18. The van der Waals surface area contributed by atoms with Gasteiger partial charge < -0.3 is 5.73 Å². The summed E-state index contributed by atoms with van der Waals surface area (Å²) in [6.45, 7) is 1.95. The average molecular weight is 188 g/mol. The monoisotopic (exact) mass is 188 g/mol. The molecule has 0 aliphatic heterocycles. The Bertz CT molecular complexity index is 406. The van der Waals surface area contributed by atoms with Gasteiger partial charge in [-0.3, -0.25) is 0 Å². The second kappa shape index (κ2) is 3.59. The van der Waals surface area contributed by atoms with Crippen LogP contribution in [0.3, 0.4) is 0 Å². The molecule has 4 nitrogen and oxygen atoms in total. The number of hydrogen-bond acceptors (Lipinski definition) is 3. The summed E-state index contributed by atoms with van der Waals surface area (Å²) in [6, 6.07) is 7.91. The molecule has 0 fully saturated rings. The van der Waals surface area contributed by atoms with Gasteiger partial charge in [-0.05, 0) is 18.6 Å². The molecule has 2 aromatic rings. The molecule has 4 heteroatoms. The van der Waals surface area contributed by atoms with Crippen molar-refractivity contribution in [1.29, 1.82) is 0 Å². The molecule has 1 aromatic heterocycles. The SMILES string of the molecule is C[C@H](N)c1ccccc1-n1cncn1. The Kier molecular flexibility index (Phi) is 2.28. The first kappa shape index (κ1) is 8.90. The number of hydrogen-bond donors (Lipinski definition) is 1. The summed E-state index contributed by atoms with van der Waals surface area (Å²) in [5.41, 5.74) is 7.91. The number of nitrogens with zero attached hydrogens (tertiary/aromatic N) is 3. The Hall–Kier alpha value is -1.68. The number of rotatable bonds is 2. The van der Waals surface area contributed by atoms with Crippen LogP contribution in [0.1, 0.15) is 18.5 Å². The van der Waals surface area contributed by atoms with Crippen molar-refractivity contribution in [3.8, 4) is 5.69 Å². The second-order valence-electron chi connectivity index (χ2n) is 3.19. The zero-order valence-electron chi connectivity index (χ0n) is 7.96. The lowest BCUT2D eigenvalue weighted by molar-refractivity contribution is 0.780. The summed E-state index contributed by atoms with van der Waals surface area (Å²) >= 11 is 0. The molecular weight excluding hydrogens is 176 g/mol. The minimum Gasteiger partial charge on any atom is -0.324 e. The van der Waals surface area contributed by atoms with Crippen molar-refractivity contribution in [2.45, 2.75) is 13.0 Å². The highest BCUT2D eigenvalue weighted by Gasteiger charge is 2.07. The van der Waals surface area contributed by atoms with Crippen LogP contribution in [0.25, 0.3) is 5.69 Å². The van der Waals surface area contributed by atoms with E-state index in [9.17, 15) is 0 Å². The van der Waals surface area contributed by atoms with Crippen LogP contribution in [-0.2, 0) is 0 Å². The molecule has 0 saturated heterocycles. The standard InChI is InChI=1S/C10H12N4/c1-8(11)9-4-2-3-5-10(9)14-7-12-6-13-14/h2-8H,11H2,1H3/t8-/m0/s1. The fraction of sp³-hybridized carbons (Fsp3) is 0.200. The van der Waals surface area contributed by atoms with E-state index >= 15 is 0 Å². The quantitative estimate of drug-likeness (QED) is 0.772. The lowest BCUT2D eigenvalue weighted by Gasteiger charge is -2.11. The number of nitrogens with two attached hydrogens (primary N) is 1. The van der Waals surface area contributed by atoms with E-state index in [1.54, 1.807) is 11.0 Å². The highest BCUT2D eigenvalue weighted by Crippen LogP contribution is 2.18. The molecule has 1 heterocycles. The Balaban J connectivity index is 2.53. The molecule has 0 spiro atoms. The van der Waals surface area contributed by atoms with Crippen molar-refractivity contribution < 1.29 is 0 Å². The molecule has 14 heavy (non-hydrogen) atoms. The molecule has 0 aliphatic rings. The second-order valence-corrected chi connectivity index (χ2v) is 3.19. The van der Waals surface area contributed by atoms with E-state index in [-0.39, 0.29) is 6.04 Å². The Morgan fingerprint density at radius 2 is 2.14 bits per heavy atom. The van der Waals surface area contributed by atoms with E-state index in [1.807, 2.05) is 31.2 Å². The summed E-state index contributed by atoms with van der Waals surface area (Å²) in [7, 11) is 0. The number of aromatic nitrogens is 3. The zero-order chi connectivity index (χ0) is 9.97. The molecule has 2 N–H and O–H groups in total. The Morgan fingerprint density at radius 3 is 2.79 bits per heavy atom. The van der Waals surface area contributed by atoms with Crippen molar-refractivity contribution in [2.75, 3.05) is 0 Å². The molecule has 0 bridgehead atoms. The maximum atomic E-state index is 5.86. The largest absolute Gasteiger partial charge is 0.324 e. The van der Waals surface area contributed by atoms with Gasteiger partial charge in [0.15, 0.2) is 0 Å². The van der Waals surface area contributed by atoms with Crippen LogP contribution < -0.4 is 5.73 Å². The van der Waals surface area contributed by atoms with Crippen LogP contribution in [0.15, 0.2) is 36.9 Å². The van der Waals surface area contributed by atoms with Crippen LogP contribution in [-0.4, -0.2) is 14.8 Å². The van der Waals surface area contributed by atoms with E-state index in [4.69, 9.17) is 5.73 Å². The van der Waals surface area contributed by atoms with E-state index in [1.165, 1.54) is 6.33 Å². The summed E-state index contributed by atoms with van der Waals surface area (Å²) < 4.78 is 1.72. The lowest BCUT2D eigenvalue weighted by Crippen LogP contribution is -2.09. The van der Waals surface area contributed by atoms with Crippen molar-refractivity contribution in [3.63, 3.8) is 0 Å². The van der Waals surface area contributed by atoms with Gasteiger partial charge >= 0.3 is 0 Å². The van der Waals surface area contributed by atoms with E-state index in [0.717, 1.165) is 11.3 Å². The molecule has 0 saturated carbocycles. The van der Waals surface area contributed by atoms with Gasteiger partial charge in [0.25, 0.3) is 0 Å². The molecular formula is C10H12N4. The highest BCUT2D eigenvalue weighted by molar-refractivity contribution is 5.41. The van der Waals surface area contributed by atoms with Gasteiger partial charge in [0, 0.05) is 6.04 Å². The topological polar surface area (TPSA) is 56.7 Å². The number of benzene rings is 1. The first-order valence-electron chi connectivity index (χ1n) is 4.48. The number of para-hydroxylation sites is 1. The van der Waals surface area contributed by atoms with Gasteiger partial charge in [-0.25, -0.2) is 9.67 Å². The van der Waals surface area contributed by atoms with Gasteiger partial charge in [-0.15, -0.1) is 0 Å². The normalized spacial score (nSPS) is 12.7. The van der Waals surface area contributed by atoms with Crippen LogP contribution >= 0.6 is 0 Å². The smallest absolute Gasteiger partial charge is 0.138 e. The molecule has 0 aliphatic carbocycles. The third-order valence-corrected chi connectivity index (χ3v) is 2.09. The van der Waals surface area contributed by atoms with Crippen LogP contribution in [0.4, 0.5) is 0 Å². The van der Waals surface area contributed by atoms with Gasteiger partial charge in [0.2, 0.25) is 0 Å². The van der Waals surface area contributed by atoms with Crippen LogP contribution in [0.5, 0.6) is 0 Å². The predicted molar refractivity (Wildman–Crippen MR) is 54.0 cm³/mol. The van der Waals surface area contributed by atoms with E-state index in [2.05, 4.69) is 10.1 Å². The van der Waals surface area contributed by atoms with Gasteiger partial charge in [0.1, 0.15) is 12.7 Å². The predicted octanol–water partition coefficient (Wildman–Crippen LogP) is 1.29. The minimum absolute atomic E-state index is 0.00426. The molecule has 0 unspecified atom stereocenters. The lowest BCUT2D eigenvalue weighted by atomic mass is 10.1. The van der Waals surface area contributed by atoms with Gasteiger partial charge in [-0.2, -0.15) is 5.10 Å². The Labute approximate surface area is 82.4 Å². The maximum Gasteiger partial charge on any atom is 0.138 e. The van der Waals surface area contributed by atoms with Crippen molar-refractivity contribution in [2.24, 2.45) is 5.73 Å². The summed E-state index contributed by atoms with van der Waals surface area (Å²) in [4.78, 5) is 3.91. The van der Waals surface area contributed by atoms with Crippen molar-refractivity contribution in [1.82, 2.24) is 14.8 Å². The third-order valence-electron chi connectivity index (χ3n) is 2.09. The fourth-order valence-electron chi connectivity index (χ4n) is 1.41. The molecule has 2 rings (SSSR count). The third kappa shape index (κ3) is 1.52. The first-order valence-corrected chi connectivity index (χ1v) is 4.48. The molecule has 72 valence electrons. The van der Waals surface area contributed by atoms with E-state index < -0.39 is 0 Å². The summed E-state index contributed by atoms with van der Waals surface area (Å²) in [5, 5.41) is 4.08. The zero-order valence-corrected chi connectivity index (χ0v) is 7.96. The van der Waals surface area contributed by atoms with Crippen LogP contribution in [0.2, 0.25) is 0 Å².